The van der Waals surface area contributed by atoms with Crippen LogP contribution in [-0.4, -0.2) is 43.3 Å². The number of aryl methyl sites for hydroxylation is 2. The third-order valence-corrected chi connectivity index (χ3v) is 6.00. The monoisotopic (exact) mass is 470 g/mol. The van der Waals surface area contributed by atoms with Gasteiger partial charge in [0.25, 0.3) is 5.91 Å². The number of amides is 1. The number of nitrogens with zero attached hydrogens (tertiary/aromatic N) is 2. The topological polar surface area (TPSA) is 96.3 Å². The van der Waals surface area contributed by atoms with Gasteiger partial charge >= 0.3 is 0 Å². The molecule has 0 bridgehead atoms. The molecular formula is C28H30N4O3. The summed E-state index contributed by atoms with van der Waals surface area (Å²) in [6, 6.07) is 17.0. The zero-order valence-corrected chi connectivity index (χ0v) is 20.3. The summed E-state index contributed by atoms with van der Waals surface area (Å²) in [7, 11) is 0. The van der Waals surface area contributed by atoms with Crippen LogP contribution in [0.15, 0.2) is 54.7 Å². The van der Waals surface area contributed by atoms with E-state index >= 15 is 0 Å². The molecule has 35 heavy (non-hydrogen) atoms. The van der Waals surface area contributed by atoms with Gasteiger partial charge in [0.05, 0.1) is 24.3 Å². The van der Waals surface area contributed by atoms with Gasteiger partial charge in [0.15, 0.2) is 0 Å². The SMILES string of the molecule is Cc1ccc(-c2cc(OCC3CNCCO3)cc(C(=O)N[C@H](C)c3ccc(C)nc3)c2)c(C#N)c1. The van der Waals surface area contributed by atoms with Crippen LogP contribution in [0.4, 0.5) is 0 Å². The molecule has 0 spiro atoms. The van der Waals surface area contributed by atoms with Crippen molar-refractivity contribution in [3.63, 3.8) is 0 Å². The maximum atomic E-state index is 13.3. The third-order valence-electron chi connectivity index (χ3n) is 6.00. The number of hydrogen-bond acceptors (Lipinski definition) is 6. The van der Waals surface area contributed by atoms with Crippen molar-refractivity contribution in [2.75, 3.05) is 26.3 Å². The molecule has 180 valence electrons. The Balaban J connectivity index is 1.63. The van der Waals surface area contributed by atoms with Crippen molar-refractivity contribution in [2.24, 2.45) is 0 Å². The van der Waals surface area contributed by atoms with Crippen LogP contribution < -0.4 is 15.4 Å². The molecule has 3 aromatic rings. The quantitative estimate of drug-likeness (QED) is 0.540. The maximum absolute atomic E-state index is 13.3. The zero-order valence-electron chi connectivity index (χ0n) is 20.3. The second kappa shape index (κ2) is 11.1. The molecule has 1 aromatic heterocycles. The highest BCUT2D eigenvalue weighted by Gasteiger charge is 2.18. The number of morpholine rings is 1. The Morgan fingerprint density at radius 1 is 1.26 bits per heavy atom. The van der Waals surface area contributed by atoms with Gasteiger partial charge < -0.3 is 20.1 Å². The molecule has 1 aliphatic heterocycles. The number of carbonyl (C=O) groups is 1. The van der Waals surface area contributed by atoms with Crippen molar-refractivity contribution < 1.29 is 14.3 Å². The molecule has 1 amide bonds. The van der Waals surface area contributed by atoms with Gasteiger partial charge in [-0.3, -0.25) is 9.78 Å². The minimum Gasteiger partial charge on any atom is -0.491 e. The number of hydrogen-bond donors (Lipinski definition) is 2. The highest BCUT2D eigenvalue weighted by Crippen LogP contribution is 2.30. The maximum Gasteiger partial charge on any atom is 0.251 e. The first-order valence-electron chi connectivity index (χ1n) is 11.8. The molecule has 0 radical (unpaired) electrons. The van der Waals surface area contributed by atoms with Crippen LogP contribution >= 0.6 is 0 Å². The summed E-state index contributed by atoms with van der Waals surface area (Å²) in [5.41, 5.74) is 5.34. The van der Waals surface area contributed by atoms with Gasteiger partial charge in [-0.2, -0.15) is 5.26 Å². The summed E-state index contributed by atoms with van der Waals surface area (Å²) in [5, 5.41) is 16.0. The van der Waals surface area contributed by atoms with Crippen LogP contribution in [0.25, 0.3) is 11.1 Å². The lowest BCUT2D eigenvalue weighted by molar-refractivity contribution is 0.000195. The Labute approximate surface area is 206 Å². The van der Waals surface area contributed by atoms with E-state index in [2.05, 4.69) is 21.7 Å². The first kappa shape index (κ1) is 24.4. The first-order valence-corrected chi connectivity index (χ1v) is 11.8. The molecule has 1 unspecified atom stereocenters. The Morgan fingerprint density at radius 3 is 2.83 bits per heavy atom. The third kappa shape index (κ3) is 6.24. The molecule has 1 fully saturated rings. The van der Waals surface area contributed by atoms with Crippen molar-refractivity contribution in [3.8, 4) is 22.9 Å². The molecule has 1 aliphatic rings. The van der Waals surface area contributed by atoms with Gasteiger partial charge in [-0.15, -0.1) is 0 Å². The zero-order chi connectivity index (χ0) is 24.8. The van der Waals surface area contributed by atoms with Crippen LogP contribution in [0.3, 0.4) is 0 Å². The number of carbonyl (C=O) groups excluding carboxylic acids is 1. The van der Waals surface area contributed by atoms with Crippen molar-refractivity contribution in [2.45, 2.75) is 32.9 Å². The second-order valence-electron chi connectivity index (χ2n) is 8.84. The molecular weight excluding hydrogens is 440 g/mol. The number of ether oxygens (including phenoxy) is 2. The summed E-state index contributed by atoms with van der Waals surface area (Å²) in [4.78, 5) is 17.6. The molecule has 2 atom stereocenters. The summed E-state index contributed by atoms with van der Waals surface area (Å²) in [6.07, 6.45) is 1.71. The molecule has 0 aliphatic carbocycles. The summed E-state index contributed by atoms with van der Waals surface area (Å²) in [5.74, 6) is 0.321. The van der Waals surface area contributed by atoms with Crippen LogP contribution in [-0.2, 0) is 4.74 Å². The van der Waals surface area contributed by atoms with E-state index in [1.807, 2.05) is 57.2 Å². The smallest absolute Gasteiger partial charge is 0.251 e. The van der Waals surface area contributed by atoms with Gasteiger partial charge in [-0.1, -0.05) is 18.2 Å². The van der Waals surface area contributed by atoms with Crippen LogP contribution in [0.1, 0.15) is 45.7 Å². The van der Waals surface area contributed by atoms with Crippen molar-refractivity contribution >= 4 is 5.91 Å². The van der Waals surface area contributed by atoms with Gasteiger partial charge in [0, 0.05) is 30.5 Å². The largest absolute Gasteiger partial charge is 0.491 e. The van der Waals surface area contributed by atoms with Crippen LogP contribution in [0.5, 0.6) is 5.75 Å². The normalized spacial score (nSPS) is 16.2. The molecule has 2 N–H and O–H groups in total. The highest BCUT2D eigenvalue weighted by atomic mass is 16.5. The fourth-order valence-corrected chi connectivity index (χ4v) is 3.99. The van der Waals surface area contributed by atoms with Crippen molar-refractivity contribution in [1.29, 1.82) is 5.26 Å². The number of benzene rings is 2. The minimum atomic E-state index is -0.231. The molecule has 0 saturated carbocycles. The highest BCUT2D eigenvalue weighted by molar-refractivity contribution is 5.96. The van der Waals surface area contributed by atoms with Crippen molar-refractivity contribution in [1.82, 2.24) is 15.6 Å². The predicted molar refractivity (Wildman–Crippen MR) is 134 cm³/mol. The lowest BCUT2D eigenvalue weighted by atomic mass is 9.96. The number of pyridine rings is 1. The number of nitrogens with one attached hydrogen (secondary N) is 2. The first-order chi connectivity index (χ1) is 16.9. The summed E-state index contributed by atoms with van der Waals surface area (Å²) >= 11 is 0. The number of aromatic nitrogens is 1. The summed E-state index contributed by atoms with van der Waals surface area (Å²) < 4.78 is 11.8. The van der Waals surface area contributed by atoms with E-state index in [1.165, 1.54) is 0 Å². The molecule has 1 saturated heterocycles. The second-order valence-corrected chi connectivity index (χ2v) is 8.84. The Kier molecular flexibility index (Phi) is 7.76. The molecule has 2 aromatic carbocycles. The average Bonchev–Trinajstić information content (AvgIpc) is 2.88. The van der Waals surface area contributed by atoms with Gasteiger partial charge in [0.1, 0.15) is 18.5 Å². The predicted octanol–water partition coefficient (Wildman–Crippen LogP) is 4.10. The van der Waals surface area contributed by atoms with Crippen LogP contribution in [0.2, 0.25) is 0 Å². The Morgan fingerprint density at radius 2 is 2.11 bits per heavy atom. The van der Waals surface area contributed by atoms with Crippen LogP contribution in [0, 0.1) is 25.2 Å². The van der Waals surface area contributed by atoms with Gasteiger partial charge in [-0.05, 0) is 73.4 Å². The number of rotatable bonds is 7. The van der Waals surface area contributed by atoms with E-state index in [1.54, 1.807) is 18.3 Å². The van der Waals surface area contributed by atoms with E-state index in [-0.39, 0.29) is 18.1 Å². The molecule has 7 nitrogen and oxygen atoms in total. The van der Waals surface area contributed by atoms with Crippen molar-refractivity contribution in [3.05, 3.63) is 82.7 Å². The van der Waals surface area contributed by atoms with E-state index in [9.17, 15) is 10.1 Å². The number of nitriles is 1. The molecule has 2 heterocycles. The van der Waals surface area contributed by atoms with E-state index in [0.29, 0.717) is 36.6 Å². The van der Waals surface area contributed by atoms with E-state index < -0.39 is 0 Å². The Hall–Kier alpha value is -3.73. The lowest BCUT2D eigenvalue weighted by Crippen LogP contribution is -2.41. The fourth-order valence-electron chi connectivity index (χ4n) is 3.99. The van der Waals surface area contributed by atoms with E-state index in [4.69, 9.17) is 9.47 Å². The fraction of sp³-hybridized carbons (Fsp3) is 0.321. The minimum absolute atomic E-state index is 0.0622. The average molecular weight is 471 g/mol. The van der Waals surface area contributed by atoms with Gasteiger partial charge in [0.2, 0.25) is 0 Å². The van der Waals surface area contributed by atoms with E-state index in [0.717, 1.165) is 34.5 Å². The summed E-state index contributed by atoms with van der Waals surface area (Å²) in [6.45, 7) is 8.34. The Bertz CT molecular complexity index is 1230. The molecule has 7 heteroatoms. The molecule has 4 rings (SSSR count). The van der Waals surface area contributed by atoms with Gasteiger partial charge in [-0.25, -0.2) is 0 Å². The lowest BCUT2D eigenvalue weighted by Gasteiger charge is -2.24. The standard InChI is InChI=1S/C28H30N4O3/c1-18-4-7-27(24(10-18)14-29)22-11-23(13-25(12-22)35-17-26-16-30-8-9-34-26)28(33)32-20(3)21-6-5-19(2)31-15-21/h4-7,10-13,15,20,26,30H,8-9,16-17H2,1-3H3,(H,32,33)/t20-,26?/m1/s1.